The van der Waals surface area contributed by atoms with Gasteiger partial charge in [-0.1, -0.05) is 24.3 Å². The Bertz CT molecular complexity index is 770. The smallest absolute Gasteiger partial charge is 0.265 e. The summed E-state index contributed by atoms with van der Waals surface area (Å²) in [5.74, 6) is 1.31. The maximum atomic E-state index is 12.6. The van der Waals surface area contributed by atoms with Crippen molar-refractivity contribution in [3.8, 4) is 11.5 Å². The number of fused-ring (bicyclic) bond motifs is 1. The molecule has 1 aliphatic rings. The normalized spacial score (nSPS) is 14.5. The largest absolute Gasteiger partial charge is 0.489 e. The fraction of sp³-hybridized carbons (Fsp3) is 0.409. The summed E-state index contributed by atoms with van der Waals surface area (Å²) in [6.07, 6.45) is 3.96. The third-order valence-electron chi connectivity index (χ3n) is 4.53. The molecule has 2 aromatic carbocycles. The van der Waals surface area contributed by atoms with Crippen molar-refractivity contribution in [3.05, 3.63) is 53.6 Å². The van der Waals surface area contributed by atoms with Crippen LogP contribution in [0.1, 0.15) is 44.7 Å². The highest BCUT2D eigenvalue weighted by molar-refractivity contribution is 5.95. The van der Waals surface area contributed by atoms with Crippen molar-refractivity contribution in [2.75, 3.05) is 5.32 Å². The number of hydrogen-bond donors (Lipinski definition) is 1. The molecular weight excluding hydrogens is 326 g/mol. The molecule has 0 saturated carbocycles. The molecule has 1 amide bonds. The van der Waals surface area contributed by atoms with Crippen molar-refractivity contribution < 1.29 is 14.3 Å². The van der Waals surface area contributed by atoms with Gasteiger partial charge in [0.2, 0.25) is 0 Å². The maximum Gasteiger partial charge on any atom is 0.265 e. The van der Waals surface area contributed by atoms with Gasteiger partial charge in [-0.3, -0.25) is 4.79 Å². The molecule has 0 heterocycles. The lowest BCUT2D eigenvalue weighted by atomic mass is 9.91. The monoisotopic (exact) mass is 353 g/mol. The highest BCUT2D eigenvalue weighted by atomic mass is 16.5. The fourth-order valence-electron chi connectivity index (χ4n) is 3.26. The van der Waals surface area contributed by atoms with Crippen LogP contribution in [0.15, 0.2) is 42.5 Å². The first-order chi connectivity index (χ1) is 12.5. The number of aryl methyl sites for hydroxylation is 1. The van der Waals surface area contributed by atoms with Gasteiger partial charge in [0.25, 0.3) is 5.91 Å². The molecule has 1 N–H and O–H groups in total. The summed E-state index contributed by atoms with van der Waals surface area (Å²) in [6.45, 7) is 5.70. The standard InChI is InChI=1S/C22H27NO3/c1-15(2)25-21-13-7-6-12-19(21)23-22(24)16(3)26-20-14-8-10-17-9-4-5-11-18(17)20/h6-8,10,12-16H,4-5,9,11H2,1-3H3,(H,23,24)/t16-/m1/s1. The van der Waals surface area contributed by atoms with Crippen molar-refractivity contribution in [3.63, 3.8) is 0 Å². The first kappa shape index (κ1) is 18.3. The van der Waals surface area contributed by atoms with Gasteiger partial charge in [-0.15, -0.1) is 0 Å². The molecule has 138 valence electrons. The van der Waals surface area contributed by atoms with Gasteiger partial charge in [-0.05, 0) is 75.8 Å². The van der Waals surface area contributed by atoms with Crippen molar-refractivity contribution >= 4 is 11.6 Å². The summed E-state index contributed by atoms with van der Waals surface area (Å²) in [5, 5.41) is 2.93. The van der Waals surface area contributed by atoms with Gasteiger partial charge >= 0.3 is 0 Å². The molecule has 0 radical (unpaired) electrons. The predicted molar refractivity (Wildman–Crippen MR) is 104 cm³/mol. The van der Waals surface area contributed by atoms with Crippen LogP contribution in [0.5, 0.6) is 11.5 Å². The molecule has 0 aromatic heterocycles. The van der Waals surface area contributed by atoms with Gasteiger partial charge in [0.1, 0.15) is 11.5 Å². The van der Waals surface area contributed by atoms with E-state index in [-0.39, 0.29) is 12.0 Å². The topological polar surface area (TPSA) is 47.6 Å². The zero-order valence-corrected chi connectivity index (χ0v) is 15.7. The molecule has 0 fully saturated rings. The molecule has 0 unspecified atom stereocenters. The average Bonchev–Trinajstić information content (AvgIpc) is 2.63. The molecule has 0 bridgehead atoms. The van der Waals surface area contributed by atoms with Gasteiger partial charge in [0.15, 0.2) is 6.10 Å². The minimum absolute atomic E-state index is 0.0394. The first-order valence-electron chi connectivity index (χ1n) is 9.38. The molecule has 0 saturated heterocycles. The van der Waals surface area contributed by atoms with Crippen molar-refractivity contribution in [2.24, 2.45) is 0 Å². The van der Waals surface area contributed by atoms with E-state index in [0.717, 1.165) is 18.6 Å². The van der Waals surface area contributed by atoms with E-state index in [9.17, 15) is 4.79 Å². The number of rotatable bonds is 6. The molecule has 26 heavy (non-hydrogen) atoms. The van der Waals surface area contributed by atoms with E-state index < -0.39 is 6.10 Å². The molecule has 3 rings (SSSR count). The van der Waals surface area contributed by atoms with Crippen LogP contribution in [-0.4, -0.2) is 18.1 Å². The summed E-state index contributed by atoms with van der Waals surface area (Å²) >= 11 is 0. The van der Waals surface area contributed by atoms with Crippen LogP contribution in [0.2, 0.25) is 0 Å². The lowest BCUT2D eigenvalue weighted by Crippen LogP contribution is -2.31. The number of amides is 1. The Morgan fingerprint density at radius 3 is 2.46 bits per heavy atom. The first-order valence-corrected chi connectivity index (χ1v) is 9.38. The van der Waals surface area contributed by atoms with Crippen LogP contribution in [0, 0.1) is 0 Å². The van der Waals surface area contributed by atoms with E-state index in [0.29, 0.717) is 11.4 Å². The van der Waals surface area contributed by atoms with Crippen LogP contribution in [0.4, 0.5) is 5.69 Å². The van der Waals surface area contributed by atoms with Crippen molar-refractivity contribution in [2.45, 2.75) is 58.7 Å². The zero-order chi connectivity index (χ0) is 18.5. The molecule has 4 heteroatoms. The minimum atomic E-state index is -0.587. The lowest BCUT2D eigenvalue weighted by Gasteiger charge is -2.22. The Morgan fingerprint density at radius 2 is 1.65 bits per heavy atom. The summed E-state index contributed by atoms with van der Waals surface area (Å²) in [7, 11) is 0. The van der Waals surface area contributed by atoms with Crippen LogP contribution in [-0.2, 0) is 17.6 Å². The SMILES string of the molecule is CC(C)Oc1ccccc1NC(=O)[C@@H](C)Oc1cccc2c1CCCC2. The molecule has 0 aliphatic heterocycles. The zero-order valence-electron chi connectivity index (χ0n) is 15.7. The predicted octanol–water partition coefficient (Wildman–Crippen LogP) is 4.76. The minimum Gasteiger partial charge on any atom is -0.489 e. The molecule has 1 atom stereocenters. The third kappa shape index (κ3) is 4.37. The van der Waals surface area contributed by atoms with E-state index >= 15 is 0 Å². The Labute approximate surface area is 155 Å². The number of anilines is 1. The van der Waals surface area contributed by atoms with Gasteiger partial charge in [0, 0.05) is 0 Å². The molecular formula is C22H27NO3. The van der Waals surface area contributed by atoms with E-state index in [1.54, 1.807) is 6.92 Å². The van der Waals surface area contributed by atoms with Crippen molar-refractivity contribution in [1.82, 2.24) is 0 Å². The van der Waals surface area contributed by atoms with E-state index in [1.807, 2.05) is 50.2 Å². The van der Waals surface area contributed by atoms with Gasteiger partial charge < -0.3 is 14.8 Å². The highest BCUT2D eigenvalue weighted by Crippen LogP contribution is 2.30. The quantitative estimate of drug-likeness (QED) is 0.814. The summed E-state index contributed by atoms with van der Waals surface area (Å²) in [4.78, 5) is 12.6. The second-order valence-electron chi connectivity index (χ2n) is 7.01. The van der Waals surface area contributed by atoms with Crippen LogP contribution < -0.4 is 14.8 Å². The fourth-order valence-corrected chi connectivity index (χ4v) is 3.26. The summed E-state index contributed by atoms with van der Waals surface area (Å²) in [6, 6.07) is 13.6. The molecule has 2 aromatic rings. The van der Waals surface area contributed by atoms with E-state index in [1.165, 1.54) is 24.0 Å². The second-order valence-corrected chi connectivity index (χ2v) is 7.01. The van der Waals surface area contributed by atoms with Crippen molar-refractivity contribution in [1.29, 1.82) is 0 Å². The number of benzene rings is 2. The number of nitrogens with one attached hydrogen (secondary N) is 1. The summed E-state index contributed by atoms with van der Waals surface area (Å²) in [5.41, 5.74) is 3.26. The van der Waals surface area contributed by atoms with Crippen LogP contribution >= 0.6 is 0 Å². The average molecular weight is 353 g/mol. The molecule has 1 aliphatic carbocycles. The Balaban J connectivity index is 1.70. The second kappa shape index (κ2) is 8.26. The number of carbonyl (C=O) groups is 1. The van der Waals surface area contributed by atoms with Gasteiger partial charge in [-0.2, -0.15) is 0 Å². The van der Waals surface area contributed by atoms with E-state index in [2.05, 4.69) is 11.4 Å². The van der Waals surface area contributed by atoms with Gasteiger partial charge in [-0.25, -0.2) is 0 Å². The third-order valence-corrected chi connectivity index (χ3v) is 4.53. The molecule has 4 nitrogen and oxygen atoms in total. The number of para-hydroxylation sites is 2. The lowest BCUT2D eigenvalue weighted by molar-refractivity contribution is -0.122. The number of ether oxygens (including phenoxy) is 2. The van der Waals surface area contributed by atoms with Crippen LogP contribution in [0.3, 0.4) is 0 Å². The highest BCUT2D eigenvalue weighted by Gasteiger charge is 2.20. The molecule has 0 spiro atoms. The van der Waals surface area contributed by atoms with E-state index in [4.69, 9.17) is 9.47 Å². The number of hydrogen-bond acceptors (Lipinski definition) is 3. The Hall–Kier alpha value is -2.49. The van der Waals surface area contributed by atoms with Gasteiger partial charge in [0.05, 0.1) is 11.8 Å². The Morgan fingerprint density at radius 1 is 0.923 bits per heavy atom. The summed E-state index contributed by atoms with van der Waals surface area (Å²) < 4.78 is 11.8. The maximum absolute atomic E-state index is 12.6. The Kier molecular flexibility index (Phi) is 5.82. The number of carbonyl (C=O) groups excluding carboxylic acids is 1. The van der Waals surface area contributed by atoms with Crippen LogP contribution in [0.25, 0.3) is 0 Å².